The van der Waals surface area contributed by atoms with Crippen LogP contribution < -0.4 is 10.1 Å². The molecule has 1 atom stereocenters. The lowest BCUT2D eigenvalue weighted by molar-refractivity contribution is -0.136. The Balaban J connectivity index is 1.66. The Bertz CT molecular complexity index is 1010. The average molecular weight is 421 g/mol. The third-order valence-corrected chi connectivity index (χ3v) is 4.89. The number of carbonyl (C=O) groups excluding carboxylic acids is 1. The third kappa shape index (κ3) is 6.18. The van der Waals surface area contributed by atoms with Crippen molar-refractivity contribution in [2.24, 2.45) is 7.05 Å². The van der Waals surface area contributed by atoms with E-state index in [2.05, 4.69) is 17.3 Å². The first-order chi connectivity index (χ1) is 15.0. The molecular formula is C24H27N3O4. The van der Waals surface area contributed by atoms with Crippen LogP contribution in [0.3, 0.4) is 0 Å². The number of aliphatic carboxylic acids is 1. The Morgan fingerprint density at radius 3 is 2.39 bits per heavy atom. The van der Waals surface area contributed by atoms with Gasteiger partial charge in [-0.3, -0.25) is 14.3 Å². The second-order valence-corrected chi connectivity index (χ2v) is 7.34. The number of hydrogen-bond acceptors (Lipinski definition) is 4. The van der Waals surface area contributed by atoms with E-state index in [1.54, 1.807) is 16.8 Å². The first-order valence-electron chi connectivity index (χ1n) is 10.3. The summed E-state index contributed by atoms with van der Waals surface area (Å²) in [4.78, 5) is 22.7. The van der Waals surface area contributed by atoms with Gasteiger partial charge in [-0.1, -0.05) is 37.6 Å². The SMILES string of the molecule is CCCC(Oc1ccc(-c2cnn(C)c2)cc1)c1ccc(C(=O)NCCC(=O)O)cc1. The van der Waals surface area contributed by atoms with Gasteiger partial charge in [0.25, 0.3) is 5.91 Å². The normalized spacial score (nSPS) is 11.7. The molecule has 0 saturated heterocycles. The van der Waals surface area contributed by atoms with Crippen molar-refractivity contribution in [3.63, 3.8) is 0 Å². The largest absolute Gasteiger partial charge is 0.486 e. The zero-order valence-corrected chi connectivity index (χ0v) is 17.7. The zero-order chi connectivity index (χ0) is 22.2. The lowest BCUT2D eigenvalue weighted by Crippen LogP contribution is -2.26. The van der Waals surface area contributed by atoms with Gasteiger partial charge >= 0.3 is 5.97 Å². The van der Waals surface area contributed by atoms with Crippen LogP contribution in [-0.4, -0.2) is 33.3 Å². The standard InChI is InChI=1S/C24H27N3O4/c1-3-4-22(18-5-7-19(8-6-18)24(30)25-14-13-23(28)29)31-21-11-9-17(10-12-21)20-15-26-27(2)16-20/h5-12,15-16,22H,3-4,13-14H2,1-2H3,(H,25,30)(H,28,29). The van der Waals surface area contributed by atoms with Gasteiger partial charge in [-0.25, -0.2) is 0 Å². The number of benzene rings is 2. The van der Waals surface area contributed by atoms with Crippen LogP contribution in [0.15, 0.2) is 60.9 Å². The van der Waals surface area contributed by atoms with Gasteiger partial charge in [0, 0.05) is 30.9 Å². The van der Waals surface area contributed by atoms with E-state index < -0.39 is 5.97 Å². The molecule has 162 valence electrons. The molecule has 0 aliphatic rings. The predicted molar refractivity (Wildman–Crippen MR) is 118 cm³/mol. The Morgan fingerprint density at radius 2 is 1.81 bits per heavy atom. The molecule has 0 bridgehead atoms. The van der Waals surface area contributed by atoms with Crippen LogP contribution in [0.25, 0.3) is 11.1 Å². The number of carboxylic acids is 1. The first-order valence-corrected chi connectivity index (χ1v) is 10.3. The number of carbonyl (C=O) groups is 2. The molecular weight excluding hydrogens is 394 g/mol. The van der Waals surface area contributed by atoms with E-state index >= 15 is 0 Å². The van der Waals surface area contributed by atoms with Gasteiger partial charge in [-0.15, -0.1) is 0 Å². The van der Waals surface area contributed by atoms with Crippen LogP contribution in [-0.2, 0) is 11.8 Å². The smallest absolute Gasteiger partial charge is 0.305 e. The second-order valence-electron chi connectivity index (χ2n) is 7.34. The molecule has 0 radical (unpaired) electrons. The minimum Gasteiger partial charge on any atom is -0.486 e. The summed E-state index contributed by atoms with van der Waals surface area (Å²) < 4.78 is 8.01. The maximum Gasteiger partial charge on any atom is 0.305 e. The molecule has 31 heavy (non-hydrogen) atoms. The van der Waals surface area contributed by atoms with Crippen molar-refractivity contribution in [3.05, 3.63) is 72.1 Å². The highest BCUT2D eigenvalue weighted by atomic mass is 16.5. The summed E-state index contributed by atoms with van der Waals surface area (Å²) in [6.45, 7) is 2.21. The molecule has 0 fully saturated rings. The van der Waals surface area contributed by atoms with Crippen molar-refractivity contribution in [1.29, 1.82) is 0 Å². The number of nitrogens with one attached hydrogen (secondary N) is 1. The number of carboxylic acid groups (broad SMARTS) is 1. The van der Waals surface area contributed by atoms with Gasteiger partial charge in [0.15, 0.2) is 0 Å². The molecule has 7 heteroatoms. The molecule has 3 aromatic rings. The van der Waals surface area contributed by atoms with E-state index in [9.17, 15) is 9.59 Å². The van der Waals surface area contributed by atoms with Crippen molar-refractivity contribution in [1.82, 2.24) is 15.1 Å². The summed E-state index contributed by atoms with van der Waals surface area (Å²) in [5.41, 5.74) is 3.60. The Morgan fingerprint density at radius 1 is 1.10 bits per heavy atom. The summed E-state index contributed by atoms with van der Waals surface area (Å²) >= 11 is 0. The van der Waals surface area contributed by atoms with Crippen molar-refractivity contribution in [2.75, 3.05) is 6.54 Å². The fourth-order valence-electron chi connectivity index (χ4n) is 3.25. The van der Waals surface area contributed by atoms with Crippen molar-refractivity contribution in [2.45, 2.75) is 32.3 Å². The van der Waals surface area contributed by atoms with Crippen LogP contribution in [0.1, 0.15) is 48.2 Å². The molecule has 2 aromatic carbocycles. The van der Waals surface area contributed by atoms with E-state index in [1.165, 1.54) is 0 Å². The zero-order valence-electron chi connectivity index (χ0n) is 17.7. The van der Waals surface area contributed by atoms with Crippen LogP contribution in [0.2, 0.25) is 0 Å². The number of aryl methyl sites for hydroxylation is 1. The summed E-state index contributed by atoms with van der Waals surface area (Å²) in [7, 11) is 1.89. The Kier molecular flexibility index (Phi) is 7.43. The fraction of sp³-hybridized carbons (Fsp3) is 0.292. The maximum atomic E-state index is 12.1. The maximum absolute atomic E-state index is 12.1. The highest BCUT2D eigenvalue weighted by molar-refractivity contribution is 5.94. The highest BCUT2D eigenvalue weighted by Gasteiger charge is 2.14. The fourth-order valence-corrected chi connectivity index (χ4v) is 3.25. The number of rotatable bonds is 10. The molecule has 0 spiro atoms. The van der Waals surface area contributed by atoms with Gasteiger partial charge in [0.2, 0.25) is 0 Å². The molecule has 0 aliphatic heterocycles. The van der Waals surface area contributed by atoms with Crippen LogP contribution in [0.4, 0.5) is 0 Å². The van der Waals surface area contributed by atoms with E-state index in [1.807, 2.05) is 55.8 Å². The van der Waals surface area contributed by atoms with Crippen LogP contribution in [0.5, 0.6) is 5.75 Å². The van der Waals surface area contributed by atoms with Gasteiger partial charge in [-0.2, -0.15) is 5.10 Å². The number of nitrogens with zero attached hydrogens (tertiary/aromatic N) is 2. The second kappa shape index (κ2) is 10.4. The molecule has 1 aromatic heterocycles. The Hall–Kier alpha value is -3.61. The van der Waals surface area contributed by atoms with Gasteiger partial charge in [-0.05, 0) is 41.8 Å². The molecule has 3 rings (SSSR count). The quantitative estimate of drug-likeness (QED) is 0.511. The molecule has 1 amide bonds. The number of aromatic nitrogens is 2. The lowest BCUT2D eigenvalue weighted by Gasteiger charge is -2.19. The Labute approximate surface area is 181 Å². The van der Waals surface area contributed by atoms with Crippen LogP contribution >= 0.6 is 0 Å². The molecule has 0 saturated carbocycles. The lowest BCUT2D eigenvalue weighted by atomic mass is 10.0. The van der Waals surface area contributed by atoms with Gasteiger partial charge in [0.1, 0.15) is 11.9 Å². The number of amides is 1. The monoisotopic (exact) mass is 421 g/mol. The van der Waals surface area contributed by atoms with E-state index in [0.29, 0.717) is 5.56 Å². The van der Waals surface area contributed by atoms with Crippen molar-refractivity contribution >= 4 is 11.9 Å². The van der Waals surface area contributed by atoms with Crippen molar-refractivity contribution < 1.29 is 19.4 Å². The van der Waals surface area contributed by atoms with Gasteiger partial charge < -0.3 is 15.2 Å². The summed E-state index contributed by atoms with van der Waals surface area (Å²) in [5, 5.41) is 15.5. The predicted octanol–water partition coefficient (Wildman–Crippen LogP) is 4.21. The first kappa shape index (κ1) is 22.1. The summed E-state index contributed by atoms with van der Waals surface area (Å²) in [6.07, 6.45) is 5.36. The topological polar surface area (TPSA) is 93.5 Å². The minimum absolute atomic E-state index is 0.101. The van der Waals surface area contributed by atoms with E-state index in [0.717, 1.165) is 35.3 Å². The number of hydrogen-bond donors (Lipinski definition) is 2. The molecule has 0 aliphatic carbocycles. The summed E-state index contributed by atoms with van der Waals surface area (Å²) in [5.74, 6) is -0.447. The van der Waals surface area contributed by atoms with E-state index in [4.69, 9.17) is 9.84 Å². The molecule has 1 heterocycles. The van der Waals surface area contributed by atoms with Crippen LogP contribution in [0, 0.1) is 0 Å². The molecule has 2 N–H and O–H groups in total. The van der Waals surface area contributed by atoms with Crippen molar-refractivity contribution in [3.8, 4) is 16.9 Å². The number of ether oxygens (including phenoxy) is 1. The van der Waals surface area contributed by atoms with Gasteiger partial charge in [0.05, 0.1) is 12.6 Å². The third-order valence-electron chi connectivity index (χ3n) is 4.89. The molecule has 1 unspecified atom stereocenters. The minimum atomic E-state index is -0.941. The highest BCUT2D eigenvalue weighted by Crippen LogP contribution is 2.28. The summed E-state index contributed by atoms with van der Waals surface area (Å²) in [6, 6.07) is 15.2. The molecule has 7 nitrogen and oxygen atoms in total. The van der Waals surface area contributed by atoms with E-state index in [-0.39, 0.29) is 25.0 Å². The average Bonchev–Trinajstić information content (AvgIpc) is 3.20.